The van der Waals surface area contributed by atoms with Crippen molar-refractivity contribution in [1.82, 2.24) is 0 Å². The van der Waals surface area contributed by atoms with Crippen LogP contribution in [0.3, 0.4) is 0 Å². The normalized spacial score (nSPS) is 10.9. The third kappa shape index (κ3) is 5.76. The lowest BCUT2D eigenvalue weighted by Gasteiger charge is -2.14. The van der Waals surface area contributed by atoms with E-state index in [9.17, 15) is 4.79 Å². The van der Waals surface area contributed by atoms with Gasteiger partial charge in [0.1, 0.15) is 6.61 Å². The van der Waals surface area contributed by atoms with Gasteiger partial charge in [-0.2, -0.15) is 0 Å². The average Bonchev–Trinajstić information content (AvgIpc) is 2.45. The Balaban J connectivity index is 2.48. The molecule has 0 aromatic heterocycles. The van der Waals surface area contributed by atoms with E-state index in [2.05, 4.69) is 0 Å². The zero-order valence-electron chi connectivity index (χ0n) is 11.3. The molecule has 0 fully saturated rings. The average molecular weight is 285 g/mol. The van der Waals surface area contributed by atoms with Crippen molar-refractivity contribution in [2.75, 3.05) is 19.8 Å². The second-order valence-electron chi connectivity index (χ2n) is 3.66. The van der Waals surface area contributed by atoms with Crippen LogP contribution in [-0.4, -0.2) is 25.6 Å². The molecule has 0 aliphatic rings. The molecule has 0 unspecified atom stereocenters. The number of hydrogen-bond donors (Lipinski definition) is 1. The monoisotopic (exact) mass is 285 g/mol. The summed E-state index contributed by atoms with van der Waals surface area (Å²) < 4.78 is 15.9. The van der Waals surface area contributed by atoms with Crippen molar-refractivity contribution >= 4 is 14.4 Å². The van der Waals surface area contributed by atoms with Gasteiger partial charge in [-0.1, -0.05) is 24.3 Å². The summed E-state index contributed by atoms with van der Waals surface area (Å²) >= 11 is 0. The summed E-state index contributed by atoms with van der Waals surface area (Å²) in [7, 11) is -1.43. The molecule has 0 heterocycles. The zero-order valence-corrected chi connectivity index (χ0v) is 12.2. The Morgan fingerprint density at radius 1 is 1.11 bits per heavy atom. The highest BCUT2D eigenvalue weighted by Gasteiger charge is 2.14. The van der Waals surface area contributed by atoms with Crippen LogP contribution >= 0.6 is 8.60 Å². The number of Topliss-reactive ketones (excluding diaryl/α,β-unsaturated/α-hetero) is 1. The molecule has 19 heavy (non-hydrogen) atoms. The first-order chi connectivity index (χ1) is 9.21. The predicted octanol–water partition coefficient (Wildman–Crippen LogP) is 2.64. The van der Waals surface area contributed by atoms with Gasteiger partial charge < -0.3 is 19.3 Å². The maximum Gasteiger partial charge on any atom is 0.333 e. The topological polar surface area (TPSA) is 70.8 Å². The minimum absolute atomic E-state index is 0.0479. The van der Waals surface area contributed by atoms with Crippen molar-refractivity contribution in [2.45, 2.75) is 20.4 Å². The van der Waals surface area contributed by atoms with E-state index in [4.69, 9.17) is 19.3 Å². The van der Waals surface area contributed by atoms with Gasteiger partial charge in [0.15, 0.2) is 5.78 Å². The number of benzene rings is 1. The molecule has 1 rings (SSSR count). The molecule has 0 atom stereocenters. The van der Waals surface area contributed by atoms with Crippen molar-refractivity contribution in [1.29, 1.82) is 0 Å². The second-order valence-corrected chi connectivity index (χ2v) is 4.88. The first-order valence-corrected chi connectivity index (χ1v) is 7.31. The second kappa shape index (κ2) is 9.13. The van der Waals surface area contributed by atoms with E-state index in [1.54, 1.807) is 12.1 Å². The summed E-state index contributed by atoms with van der Waals surface area (Å²) in [5, 5.41) is 0. The van der Waals surface area contributed by atoms with Gasteiger partial charge in [0.2, 0.25) is 0 Å². The molecule has 0 radical (unpaired) electrons. The van der Waals surface area contributed by atoms with Crippen molar-refractivity contribution in [3.63, 3.8) is 0 Å². The Bertz CT molecular complexity index is 377. The molecule has 0 spiro atoms. The number of ketones is 1. The van der Waals surface area contributed by atoms with E-state index in [0.717, 1.165) is 5.56 Å². The quantitative estimate of drug-likeness (QED) is 0.558. The molecule has 106 valence electrons. The number of nitrogens with two attached hydrogens (primary N) is 1. The van der Waals surface area contributed by atoms with E-state index in [-0.39, 0.29) is 12.4 Å². The van der Waals surface area contributed by atoms with Gasteiger partial charge in [-0.05, 0) is 19.4 Å². The lowest BCUT2D eigenvalue weighted by molar-refractivity contribution is 0.0882. The van der Waals surface area contributed by atoms with E-state index in [0.29, 0.717) is 25.3 Å². The molecule has 0 saturated carbocycles. The zero-order chi connectivity index (χ0) is 14.1. The van der Waals surface area contributed by atoms with Crippen LogP contribution in [0.1, 0.15) is 29.8 Å². The smallest absolute Gasteiger partial charge is 0.326 e. The number of carbonyl (C=O) groups excluding carboxylic acids is 1. The first-order valence-electron chi connectivity index (χ1n) is 6.22. The van der Waals surface area contributed by atoms with Crippen molar-refractivity contribution < 1.29 is 18.4 Å². The van der Waals surface area contributed by atoms with Crippen molar-refractivity contribution in [3.8, 4) is 0 Å². The molecule has 1 aromatic carbocycles. The highest BCUT2D eigenvalue weighted by atomic mass is 31.2. The van der Waals surface area contributed by atoms with Crippen LogP contribution in [0.5, 0.6) is 0 Å². The van der Waals surface area contributed by atoms with E-state index < -0.39 is 8.60 Å². The molecular weight excluding hydrogens is 265 g/mol. The predicted molar refractivity (Wildman–Crippen MR) is 74.8 cm³/mol. The summed E-state index contributed by atoms with van der Waals surface area (Å²) in [5.41, 5.74) is 7.09. The van der Waals surface area contributed by atoms with Crippen molar-refractivity contribution in [2.24, 2.45) is 5.73 Å². The standard InChI is InChI=1S/C13H20NO4P/c1-3-16-19(17-4-2)18-10-13(15)12-7-5-11(9-14)6-8-12/h5-8H,3-4,9-10,14H2,1-2H3. The van der Waals surface area contributed by atoms with Gasteiger partial charge in [0.25, 0.3) is 0 Å². The van der Waals surface area contributed by atoms with E-state index in [1.165, 1.54) is 0 Å². The van der Waals surface area contributed by atoms with Crippen molar-refractivity contribution in [3.05, 3.63) is 35.4 Å². The summed E-state index contributed by atoms with van der Waals surface area (Å²) in [6.07, 6.45) is 0. The van der Waals surface area contributed by atoms with Crippen LogP contribution in [0.2, 0.25) is 0 Å². The number of carbonyl (C=O) groups is 1. The van der Waals surface area contributed by atoms with Crippen LogP contribution in [0.4, 0.5) is 0 Å². The first kappa shape index (κ1) is 16.2. The van der Waals surface area contributed by atoms with Gasteiger partial charge in [-0.3, -0.25) is 4.79 Å². The van der Waals surface area contributed by atoms with Gasteiger partial charge in [0.05, 0.1) is 13.2 Å². The molecule has 0 aliphatic heterocycles. The fourth-order valence-electron chi connectivity index (χ4n) is 1.34. The van der Waals surface area contributed by atoms with Crippen LogP contribution in [0.15, 0.2) is 24.3 Å². The Hall–Kier alpha value is -0.840. The lowest BCUT2D eigenvalue weighted by Crippen LogP contribution is -2.09. The fourth-order valence-corrected chi connectivity index (χ4v) is 2.21. The lowest BCUT2D eigenvalue weighted by atomic mass is 10.1. The molecule has 1 aromatic rings. The number of rotatable bonds is 9. The Morgan fingerprint density at radius 3 is 2.16 bits per heavy atom. The van der Waals surface area contributed by atoms with Crippen LogP contribution in [-0.2, 0) is 20.1 Å². The summed E-state index contributed by atoms with van der Waals surface area (Å²) in [5.74, 6) is -0.101. The molecule has 0 aliphatic carbocycles. The van der Waals surface area contributed by atoms with Gasteiger partial charge in [-0.15, -0.1) is 0 Å². The minimum atomic E-state index is -1.43. The summed E-state index contributed by atoms with van der Waals surface area (Å²) in [6, 6.07) is 7.16. The molecule has 0 amide bonds. The van der Waals surface area contributed by atoms with Gasteiger partial charge in [-0.25, -0.2) is 0 Å². The fraction of sp³-hybridized carbons (Fsp3) is 0.462. The number of hydrogen-bond acceptors (Lipinski definition) is 5. The maximum absolute atomic E-state index is 11.9. The van der Waals surface area contributed by atoms with Crippen LogP contribution < -0.4 is 5.73 Å². The van der Waals surface area contributed by atoms with E-state index >= 15 is 0 Å². The Morgan fingerprint density at radius 2 is 1.68 bits per heavy atom. The SMILES string of the molecule is CCOP(OCC)OCC(=O)c1ccc(CN)cc1. The Labute approximate surface area is 115 Å². The molecule has 0 saturated heterocycles. The van der Waals surface area contributed by atoms with Gasteiger partial charge >= 0.3 is 8.60 Å². The maximum atomic E-state index is 11.9. The molecule has 0 bridgehead atoms. The van der Waals surface area contributed by atoms with E-state index in [1.807, 2.05) is 26.0 Å². The van der Waals surface area contributed by atoms with Crippen LogP contribution in [0.25, 0.3) is 0 Å². The highest BCUT2D eigenvalue weighted by molar-refractivity contribution is 7.41. The van der Waals surface area contributed by atoms with Gasteiger partial charge in [0, 0.05) is 12.1 Å². The third-order valence-corrected chi connectivity index (χ3v) is 3.56. The molecular formula is C13H20NO4P. The summed E-state index contributed by atoms with van der Waals surface area (Å²) in [4.78, 5) is 11.9. The van der Waals surface area contributed by atoms with Crippen LogP contribution in [0, 0.1) is 0 Å². The molecule has 5 nitrogen and oxygen atoms in total. The highest BCUT2D eigenvalue weighted by Crippen LogP contribution is 2.39. The Kier molecular flexibility index (Phi) is 7.79. The molecule has 6 heteroatoms. The largest absolute Gasteiger partial charge is 0.333 e. The summed E-state index contributed by atoms with van der Waals surface area (Å²) in [6.45, 7) is 5.10. The third-order valence-electron chi connectivity index (χ3n) is 2.28. The minimum Gasteiger partial charge on any atom is -0.326 e. The molecule has 2 N–H and O–H groups in total.